The lowest BCUT2D eigenvalue weighted by molar-refractivity contribution is -0.384. The Balaban J connectivity index is 1.61. The third kappa shape index (κ3) is 5.04. The molecule has 2 heterocycles. The molecule has 2 fully saturated rings. The van der Waals surface area contributed by atoms with Gasteiger partial charge in [0.15, 0.2) is 5.11 Å². The van der Waals surface area contributed by atoms with Crippen molar-refractivity contribution >= 4 is 58.0 Å². The largest absolute Gasteiger partial charge is 0.378 e. The Morgan fingerprint density at radius 2 is 1.54 bits per heavy atom. The van der Waals surface area contributed by atoms with Gasteiger partial charge < -0.3 is 9.64 Å². The zero-order valence-electron chi connectivity index (χ0n) is 21.5. The molecule has 0 bridgehead atoms. The fourth-order valence-corrected chi connectivity index (χ4v) is 5.02. The van der Waals surface area contributed by atoms with Crippen LogP contribution in [0.4, 0.5) is 22.7 Å². The van der Waals surface area contributed by atoms with Gasteiger partial charge in [0.2, 0.25) is 0 Å². The number of nitro groups is 1. The molecule has 0 aromatic heterocycles. The van der Waals surface area contributed by atoms with E-state index < -0.39 is 16.7 Å². The summed E-state index contributed by atoms with van der Waals surface area (Å²) in [7, 11) is 0. The monoisotopic (exact) mass is 542 g/mol. The van der Waals surface area contributed by atoms with Crippen molar-refractivity contribution in [3.63, 3.8) is 0 Å². The van der Waals surface area contributed by atoms with Crippen molar-refractivity contribution in [3.05, 3.63) is 99.1 Å². The Morgan fingerprint density at radius 3 is 2.18 bits per heavy atom. The maximum Gasteiger partial charge on any atom is 0.293 e. The molecule has 2 aliphatic rings. The van der Waals surface area contributed by atoms with Crippen LogP contribution >= 0.6 is 12.2 Å². The molecule has 0 atom stereocenters. The lowest BCUT2D eigenvalue weighted by atomic mass is 10.0. The van der Waals surface area contributed by atoms with Crippen LogP contribution in [0.2, 0.25) is 0 Å². The lowest BCUT2D eigenvalue weighted by Crippen LogP contribution is -2.57. The van der Waals surface area contributed by atoms with E-state index in [0.717, 1.165) is 11.1 Å². The number of hydrogen-bond donors (Lipinski definition) is 0. The first-order chi connectivity index (χ1) is 18.8. The molecule has 2 saturated heterocycles. The van der Waals surface area contributed by atoms with Gasteiger partial charge in [-0.3, -0.25) is 29.5 Å². The third-order valence-corrected chi connectivity index (χ3v) is 7.24. The number of benzene rings is 3. The van der Waals surface area contributed by atoms with E-state index in [2.05, 4.69) is 0 Å². The first-order valence-corrected chi connectivity index (χ1v) is 12.8. The van der Waals surface area contributed by atoms with Gasteiger partial charge in [0.05, 0.1) is 29.5 Å². The number of anilines is 3. The Labute approximate surface area is 231 Å². The van der Waals surface area contributed by atoms with Gasteiger partial charge in [0, 0.05) is 19.2 Å². The van der Waals surface area contributed by atoms with Crippen LogP contribution in [0.5, 0.6) is 0 Å². The molecule has 0 spiro atoms. The molecule has 9 nitrogen and oxygen atoms in total. The van der Waals surface area contributed by atoms with E-state index in [0.29, 0.717) is 48.9 Å². The Bertz CT molecular complexity index is 1520. The van der Waals surface area contributed by atoms with E-state index in [1.54, 1.807) is 42.5 Å². The van der Waals surface area contributed by atoms with E-state index in [1.165, 1.54) is 21.9 Å². The molecule has 10 heteroatoms. The number of aryl methyl sites for hydroxylation is 2. The van der Waals surface area contributed by atoms with E-state index in [9.17, 15) is 19.7 Å². The molecule has 3 aromatic carbocycles. The molecule has 198 valence electrons. The average Bonchev–Trinajstić information content (AvgIpc) is 2.94. The van der Waals surface area contributed by atoms with Crippen LogP contribution in [0.25, 0.3) is 6.08 Å². The number of thiocarbonyl (C=S) groups is 1. The van der Waals surface area contributed by atoms with Gasteiger partial charge >= 0.3 is 0 Å². The van der Waals surface area contributed by atoms with Gasteiger partial charge in [-0.25, -0.2) is 0 Å². The summed E-state index contributed by atoms with van der Waals surface area (Å²) in [6, 6.07) is 19.1. The summed E-state index contributed by atoms with van der Waals surface area (Å²) in [5.74, 6) is -1.20. The van der Waals surface area contributed by atoms with E-state index >= 15 is 0 Å². The number of nitro benzene ring substituents is 1. The third-order valence-electron chi connectivity index (χ3n) is 6.87. The normalized spacial score (nSPS) is 17.2. The molecule has 5 rings (SSSR count). The summed E-state index contributed by atoms with van der Waals surface area (Å²) >= 11 is 5.68. The summed E-state index contributed by atoms with van der Waals surface area (Å²) in [6.07, 6.45) is 1.40. The predicted octanol–water partition coefficient (Wildman–Crippen LogP) is 4.80. The second-order valence-electron chi connectivity index (χ2n) is 9.33. The number of nitrogens with zero attached hydrogens (tertiary/aromatic N) is 4. The number of hydrogen-bond acceptors (Lipinski definition) is 7. The fourth-order valence-electron chi connectivity index (χ4n) is 4.64. The van der Waals surface area contributed by atoms with Gasteiger partial charge in [0.1, 0.15) is 11.3 Å². The minimum Gasteiger partial charge on any atom is -0.378 e. The van der Waals surface area contributed by atoms with Gasteiger partial charge in [-0.05, 0) is 79.2 Å². The molecule has 0 radical (unpaired) electrons. The average molecular weight is 543 g/mol. The molecule has 0 saturated carbocycles. The first-order valence-electron chi connectivity index (χ1n) is 12.4. The maximum atomic E-state index is 13.8. The Hall–Kier alpha value is -4.41. The van der Waals surface area contributed by atoms with E-state index in [1.807, 2.05) is 36.9 Å². The van der Waals surface area contributed by atoms with Crippen molar-refractivity contribution in [1.82, 2.24) is 0 Å². The van der Waals surface area contributed by atoms with Crippen molar-refractivity contribution in [2.75, 3.05) is 41.0 Å². The van der Waals surface area contributed by atoms with Crippen molar-refractivity contribution in [2.45, 2.75) is 13.8 Å². The highest BCUT2D eigenvalue weighted by Gasteiger charge is 2.41. The molecule has 0 aliphatic carbocycles. The summed E-state index contributed by atoms with van der Waals surface area (Å²) in [5, 5.41) is 12.0. The Morgan fingerprint density at radius 1 is 0.872 bits per heavy atom. The van der Waals surface area contributed by atoms with Gasteiger partial charge in [0.25, 0.3) is 17.5 Å². The van der Waals surface area contributed by atoms with Crippen molar-refractivity contribution in [1.29, 1.82) is 0 Å². The summed E-state index contributed by atoms with van der Waals surface area (Å²) in [6.45, 7) is 5.93. The summed E-state index contributed by atoms with van der Waals surface area (Å²) in [4.78, 5) is 43.6. The van der Waals surface area contributed by atoms with Crippen LogP contribution in [0.3, 0.4) is 0 Å². The van der Waals surface area contributed by atoms with Crippen LogP contribution in [-0.4, -0.2) is 48.2 Å². The molecule has 2 aliphatic heterocycles. The Kier molecular flexibility index (Phi) is 7.23. The highest BCUT2D eigenvalue weighted by molar-refractivity contribution is 7.81. The van der Waals surface area contributed by atoms with Crippen molar-refractivity contribution in [2.24, 2.45) is 0 Å². The van der Waals surface area contributed by atoms with Crippen LogP contribution in [0, 0.1) is 24.0 Å². The minimum absolute atomic E-state index is 0.0326. The second-order valence-corrected chi connectivity index (χ2v) is 9.70. The smallest absolute Gasteiger partial charge is 0.293 e. The quantitative estimate of drug-likeness (QED) is 0.150. The van der Waals surface area contributed by atoms with Crippen molar-refractivity contribution < 1.29 is 19.2 Å². The SMILES string of the molecule is Cc1ccc(N2C(=O)/C(=C/c3ccc(N4CCOCC4)c([N+](=O)[O-])c3)C(=O)N(c3ccccc3)C2=S)cc1C. The number of ether oxygens (including phenoxy) is 1. The number of morpholine rings is 1. The second kappa shape index (κ2) is 10.8. The van der Waals surface area contributed by atoms with Crippen molar-refractivity contribution in [3.8, 4) is 0 Å². The molecule has 39 heavy (non-hydrogen) atoms. The molecular formula is C29H26N4O5S. The number of carbonyl (C=O) groups excluding carboxylic acids is 2. The minimum atomic E-state index is -0.601. The zero-order valence-corrected chi connectivity index (χ0v) is 22.3. The molecule has 0 unspecified atom stereocenters. The summed E-state index contributed by atoms with van der Waals surface area (Å²) < 4.78 is 5.37. The number of carbonyl (C=O) groups is 2. The molecule has 3 aromatic rings. The molecule has 0 N–H and O–H groups in total. The number of rotatable bonds is 5. The highest BCUT2D eigenvalue weighted by atomic mass is 32.1. The topological polar surface area (TPSA) is 96.2 Å². The zero-order chi connectivity index (χ0) is 27.7. The first kappa shape index (κ1) is 26.2. The van der Waals surface area contributed by atoms with Crippen LogP contribution in [0.1, 0.15) is 16.7 Å². The van der Waals surface area contributed by atoms with Crippen LogP contribution < -0.4 is 14.7 Å². The van der Waals surface area contributed by atoms with Gasteiger partial charge in [-0.15, -0.1) is 0 Å². The lowest BCUT2D eigenvalue weighted by Gasteiger charge is -2.36. The number of para-hydroxylation sites is 1. The van der Waals surface area contributed by atoms with Crippen LogP contribution in [0.15, 0.2) is 72.3 Å². The molecule has 2 amide bonds. The van der Waals surface area contributed by atoms with Gasteiger partial charge in [-0.2, -0.15) is 0 Å². The standard InChI is InChI=1S/C29H26N4O5S/c1-19-8-10-23(16-20(19)2)32-28(35)24(27(34)31(29(32)39)22-6-4-3-5-7-22)17-21-9-11-25(26(18-21)33(36)37)30-12-14-38-15-13-30/h3-11,16-18H,12-15H2,1-2H3/b24-17+. The fraction of sp³-hybridized carbons (Fsp3) is 0.207. The van der Waals surface area contributed by atoms with Gasteiger partial charge in [-0.1, -0.05) is 30.3 Å². The van der Waals surface area contributed by atoms with Crippen LogP contribution in [-0.2, 0) is 14.3 Å². The predicted molar refractivity (Wildman–Crippen MR) is 154 cm³/mol. The maximum absolute atomic E-state index is 13.8. The number of amides is 2. The summed E-state index contributed by atoms with van der Waals surface area (Å²) in [5.41, 5.74) is 3.61. The van der Waals surface area contributed by atoms with E-state index in [4.69, 9.17) is 17.0 Å². The van der Waals surface area contributed by atoms with E-state index in [-0.39, 0.29) is 16.4 Å². The molecular weight excluding hydrogens is 516 g/mol. The highest BCUT2D eigenvalue weighted by Crippen LogP contribution is 2.33.